The lowest BCUT2D eigenvalue weighted by atomic mass is 10.0. The quantitative estimate of drug-likeness (QED) is 0.717. The first-order valence-corrected chi connectivity index (χ1v) is 7.53. The highest BCUT2D eigenvalue weighted by Gasteiger charge is 2.27. The molecule has 0 aliphatic carbocycles. The minimum atomic E-state index is -1.29. The van der Waals surface area contributed by atoms with Crippen LogP contribution in [0.15, 0.2) is 59.3 Å². The second-order valence-electron chi connectivity index (χ2n) is 5.72. The summed E-state index contributed by atoms with van der Waals surface area (Å²) in [5, 5.41) is 20.8. The summed E-state index contributed by atoms with van der Waals surface area (Å²) in [5.41, 5.74) is -0.0320. The second-order valence-corrected chi connectivity index (χ2v) is 5.72. The van der Waals surface area contributed by atoms with E-state index in [0.29, 0.717) is 12.3 Å². The minimum absolute atomic E-state index is 0.00485. The molecule has 2 heterocycles. The van der Waals surface area contributed by atoms with Crippen LogP contribution < -0.4 is 5.32 Å². The SMILES string of the molecule is CC(O)(CNC(=O)c1cn(Cc2ccccc2)nn1)c1ccco1. The van der Waals surface area contributed by atoms with E-state index in [-0.39, 0.29) is 12.2 Å². The van der Waals surface area contributed by atoms with Gasteiger partial charge in [0.2, 0.25) is 0 Å². The third-order valence-electron chi connectivity index (χ3n) is 3.60. The van der Waals surface area contributed by atoms with Gasteiger partial charge in [0.15, 0.2) is 5.69 Å². The maximum atomic E-state index is 12.2. The smallest absolute Gasteiger partial charge is 0.273 e. The lowest BCUT2D eigenvalue weighted by molar-refractivity contribution is 0.0329. The van der Waals surface area contributed by atoms with E-state index in [1.807, 2.05) is 30.3 Å². The molecule has 0 aliphatic rings. The molecule has 1 amide bonds. The summed E-state index contributed by atoms with van der Waals surface area (Å²) < 4.78 is 6.77. The van der Waals surface area contributed by atoms with E-state index in [1.165, 1.54) is 6.26 Å². The fourth-order valence-electron chi connectivity index (χ4n) is 2.27. The molecule has 1 aromatic carbocycles. The Hall–Kier alpha value is -2.93. The monoisotopic (exact) mass is 326 g/mol. The van der Waals surface area contributed by atoms with E-state index in [4.69, 9.17) is 4.42 Å². The highest BCUT2D eigenvalue weighted by molar-refractivity contribution is 5.91. The topological polar surface area (TPSA) is 93.2 Å². The summed E-state index contributed by atoms with van der Waals surface area (Å²) in [4.78, 5) is 12.2. The number of hydrogen-bond acceptors (Lipinski definition) is 5. The number of aliphatic hydroxyl groups is 1. The van der Waals surface area contributed by atoms with Crippen LogP contribution in [0, 0.1) is 0 Å². The Morgan fingerprint density at radius 2 is 2.08 bits per heavy atom. The molecule has 0 saturated carbocycles. The van der Waals surface area contributed by atoms with Crippen molar-refractivity contribution >= 4 is 5.91 Å². The number of hydrogen-bond donors (Lipinski definition) is 2. The van der Waals surface area contributed by atoms with Gasteiger partial charge in [0.25, 0.3) is 5.91 Å². The Kier molecular flexibility index (Phi) is 4.43. The Labute approximate surface area is 138 Å². The highest BCUT2D eigenvalue weighted by atomic mass is 16.4. The van der Waals surface area contributed by atoms with E-state index in [1.54, 1.807) is 29.9 Å². The summed E-state index contributed by atoms with van der Waals surface area (Å²) in [6.07, 6.45) is 3.05. The van der Waals surface area contributed by atoms with Crippen LogP contribution >= 0.6 is 0 Å². The molecular weight excluding hydrogens is 308 g/mol. The number of nitrogens with zero attached hydrogens (tertiary/aromatic N) is 3. The third-order valence-corrected chi connectivity index (χ3v) is 3.60. The fraction of sp³-hybridized carbons (Fsp3) is 0.235. The highest BCUT2D eigenvalue weighted by Crippen LogP contribution is 2.19. The van der Waals surface area contributed by atoms with Crippen molar-refractivity contribution in [3.8, 4) is 0 Å². The first kappa shape index (κ1) is 15.9. The molecule has 0 spiro atoms. The molecule has 0 bridgehead atoms. The molecule has 7 nitrogen and oxygen atoms in total. The van der Waals surface area contributed by atoms with Crippen molar-refractivity contribution in [1.82, 2.24) is 20.3 Å². The molecule has 2 N–H and O–H groups in total. The molecule has 0 radical (unpaired) electrons. The van der Waals surface area contributed by atoms with Gasteiger partial charge in [-0.2, -0.15) is 0 Å². The number of amides is 1. The summed E-state index contributed by atoms with van der Waals surface area (Å²) >= 11 is 0. The van der Waals surface area contributed by atoms with Crippen LogP contribution in [0.25, 0.3) is 0 Å². The Morgan fingerprint density at radius 3 is 2.79 bits per heavy atom. The van der Waals surface area contributed by atoms with Crippen LogP contribution in [0.3, 0.4) is 0 Å². The van der Waals surface area contributed by atoms with Gasteiger partial charge in [-0.15, -0.1) is 5.10 Å². The van der Waals surface area contributed by atoms with Gasteiger partial charge in [0, 0.05) is 0 Å². The molecule has 1 atom stereocenters. The largest absolute Gasteiger partial charge is 0.466 e. The van der Waals surface area contributed by atoms with Gasteiger partial charge in [0.1, 0.15) is 11.4 Å². The predicted molar refractivity (Wildman–Crippen MR) is 86.2 cm³/mol. The third kappa shape index (κ3) is 3.69. The number of rotatable bonds is 6. The predicted octanol–water partition coefficient (Wildman–Crippen LogP) is 1.56. The zero-order valence-corrected chi connectivity index (χ0v) is 13.2. The van der Waals surface area contributed by atoms with Crippen LogP contribution in [0.5, 0.6) is 0 Å². The van der Waals surface area contributed by atoms with Crippen LogP contribution in [-0.4, -0.2) is 32.6 Å². The van der Waals surface area contributed by atoms with Gasteiger partial charge in [-0.3, -0.25) is 4.79 Å². The molecule has 0 fully saturated rings. The first-order valence-electron chi connectivity index (χ1n) is 7.53. The van der Waals surface area contributed by atoms with Crippen LogP contribution in [-0.2, 0) is 12.1 Å². The molecule has 3 aromatic rings. The van der Waals surface area contributed by atoms with Crippen molar-refractivity contribution in [2.45, 2.75) is 19.1 Å². The van der Waals surface area contributed by atoms with Crippen molar-refractivity contribution in [2.24, 2.45) is 0 Å². The molecule has 3 rings (SSSR count). The van der Waals surface area contributed by atoms with E-state index >= 15 is 0 Å². The Bertz CT molecular complexity index is 794. The molecule has 124 valence electrons. The van der Waals surface area contributed by atoms with Gasteiger partial charge in [-0.1, -0.05) is 35.5 Å². The van der Waals surface area contributed by atoms with Crippen molar-refractivity contribution in [2.75, 3.05) is 6.54 Å². The van der Waals surface area contributed by atoms with Crippen molar-refractivity contribution in [1.29, 1.82) is 0 Å². The molecule has 24 heavy (non-hydrogen) atoms. The maximum Gasteiger partial charge on any atom is 0.273 e. The first-order chi connectivity index (χ1) is 11.5. The van der Waals surface area contributed by atoms with Gasteiger partial charge < -0.3 is 14.8 Å². The average molecular weight is 326 g/mol. The molecule has 0 saturated heterocycles. The zero-order valence-electron chi connectivity index (χ0n) is 13.2. The van der Waals surface area contributed by atoms with Crippen molar-refractivity contribution < 1.29 is 14.3 Å². The maximum absolute atomic E-state index is 12.2. The number of carbonyl (C=O) groups excluding carboxylic acids is 1. The second kappa shape index (κ2) is 6.67. The number of carbonyl (C=O) groups is 1. The lowest BCUT2D eigenvalue weighted by Crippen LogP contribution is -2.38. The van der Waals surface area contributed by atoms with Gasteiger partial charge in [-0.05, 0) is 24.6 Å². The number of benzene rings is 1. The molecule has 7 heteroatoms. The number of furan rings is 1. The molecule has 0 aliphatic heterocycles. The van der Waals surface area contributed by atoms with Crippen molar-refractivity contribution in [3.63, 3.8) is 0 Å². The summed E-state index contributed by atoms with van der Waals surface area (Å²) in [5.74, 6) is -0.0170. The van der Waals surface area contributed by atoms with Crippen LogP contribution in [0.2, 0.25) is 0 Å². The molecular formula is C17H18N4O3. The van der Waals surface area contributed by atoms with Gasteiger partial charge in [0.05, 0.1) is 25.5 Å². The number of aromatic nitrogens is 3. The summed E-state index contributed by atoms with van der Waals surface area (Å²) in [7, 11) is 0. The lowest BCUT2D eigenvalue weighted by Gasteiger charge is -2.20. The Balaban J connectivity index is 1.60. The van der Waals surface area contributed by atoms with Crippen LogP contribution in [0.4, 0.5) is 0 Å². The average Bonchev–Trinajstić information content (AvgIpc) is 3.26. The van der Waals surface area contributed by atoms with E-state index < -0.39 is 11.5 Å². The van der Waals surface area contributed by atoms with E-state index in [0.717, 1.165) is 5.56 Å². The minimum Gasteiger partial charge on any atom is -0.466 e. The Morgan fingerprint density at radius 1 is 1.29 bits per heavy atom. The van der Waals surface area contributed by atoms with Crippen molar-refractivity contribution in [3.05, 3.63) is 71.9 Å². The summed E-state index contributed by atoms with van der Waals surface area (Å²) in [6, 6.07) is 13.1. The van der Waals surface area contributed by atoms with Gasteiger partial charge >= 0.3 is 0 Å². The van der Waals surface area contributed by atoms with E-state index in [9.17, 15) is 9.90 Å². The number of nitrogens with one attached hydrogen (secondary N) is 1. The molecule has 2 aromatic heterocycles. The summed E-state index contributed by atoms with van der Waals surface area (Å²) in [6.45, 7) is 2.11. The van der Waals surface area contributed by atoms with E-state index in [2.05, 4.69) is 15.6 Å². The van der Waals surface area contributed by atoms with Gasteiger partial charge in [-0.25, -0.2) is 4.68 Å². The van der Waals surface area contributed by atoms with Crippen LogP contribution in [0.1, 0.15) is 28.7 Å². The zero-order chi connectivity index (χ0) is 17.0. The standard InChI is InChI=1S/C17H18N4O3/c1-17(23,15-8-5-9-24-15)12-18-16(22)14-11-21(20-19-14)10-13-6-3-2-4-7-13/h2-9,11,23H,10,12H2,1H3,(H,18,22). The fourth-order valence-corrected chi connectivity index (χ4v) is 2.27. The normalized spacial score (nSPS) is 13.4. The molecule has 1 unspecified atom stereocenters.